The van der Waals surface area contributed by atoms with E-state index in [1.165, 1.54) is 16.8 Å². The van der Waals surface area contributed by atoms with Gasteiger partial charge in [-0.15, -0.1) is 5.10 Å². The molecule has 2 aromatic heterocycles. The summed E-state index contributed by atoms with van der Waals surface area (Å²) in [6, 6.07) is 15.8. The molecule has 5 rings (SSSR count). The Bertz CT molecular complexity index is 1240. The average molecular weight is 400 g/mol. The van der Waals surface area contributed by atoms with Crippen LogP contribution in [0, 0.1) is 12.7 Å². The minimum absolute atomic E-state index is 0.148. The Morgan fingerprint density at radius 3 is 2.63 bits per heavy atom. The number of anilines is 1. The molecular formula is C22H17FN6O. The van der Waals surface area contributed by atoms with Crippen LogP contribution in [0.2, 0.25) is 0 Å². The number of rotatable bonds is 3. The van der Waals surface area contributed by atoms with E-state index in [1.807, 2.05) is 37.3 Å². The van der Waals surface area contributed by atoms with Crippen molar-refractivity contribution in [3.05, 3.63) is 83.4 Å². The molecule has 2 aromatic carbocycles. The highest BCUT2D eigenvalue weighted by Crippen LogP contribution is 2.39. The van der Waals surface area contributed by atoms with Crippen molar-refractivity contribution in [3.63, 3.8) is 0 Å². The molecule has 8 heteroatoms. The summed E-state index contributed by atoms with van der Waals surface area (Å²) in [7, 11) is 0. The second kappa shape index (κ2) is 7.14. The zero-order valence-corrected chi connectivity index (χ0v) is 16.1. The molecule has 148 valence electrons. The fourth-order valence-corrected chi connectivity index (χ4v) is 3.80. The quantitative estimate of drug-likeness (QED) is 0.567. The number of nitrogens with zero attached hydrogens (tertiary/aromatic N) is 5. The molecule has 1 aliphatic heterocycles. The highest BCUT2D eigenvalue weighted by Gasteiger charge is 2.33. The first-order chi connectivity index (χ1) is 14.6. The van der Waals surface area contributed by atoms with Crippen molar-refractivity contribution in [1.82, 2.24) is 25.0 Å². The predicted octanol–water partition coefficient (Wildman–Crippen LogP) is 3.65. The molecule has 3 heterocycles. The summed E-state index contributed by atoms with van der Waals surface area (Å²) in [5.41, 5.74) is 4.02. The maximum Gasteiger partial charge on any atom is 0.272 e. The smallest absolute Gasteiger partial charge is 0.272 e. The van der Waals surface area contributed by atoms with Gasteiger partial charge in [-0.05, 0) is 24.6 Å². The number of carbonyl (C=O) groups excluding carboxylic acids is 1. The van der Waals surface area contributed by atoms with Crippen LogP contribution >= 0.6 is 0 Å². The van der Waals surface area contributed by atoms with Crippen LogP contribution in [0.1, 0.15) is 29.2 Å². The molecule has 0 spiro atoms. The zero-order valence-electron chi connectivity index (χ0n) is 16.1. The summed E-state index contributed by atoms with van der Waals surface area (Å²) in [5, 5.41) is 15.7. The van der Waals surface area contributed by atoms with Crippen LogP contribution in [0.15, 0.2) is 60.8 Å². The minimum Gasteiger partial charge on any atom is -0.310 e. The van der Waals surface area contributed by atoms with E-state index >= 15 is 0 Å². The fourth-order valence-electron chi connectivity index (χ4n) is 3.80. The molecule has 1 amide bonds. The SMILES string of the molecule is Cc1nn(-c2nncc(-c3ccccc3)n2)c2c1[C@H](c1ccc(F)cc1)CC(=O)N2. The zero-order chi connectivity index (χ0) is 20.7. The van der Waals surface area contributed by atoms with Gasteiger partial charge in [-0.1, -0.05) is 42.5 Å². The highest BCUT2D eigenvalue weighted by atomic mass is 19.1. The summed E-state index contributed by atoms with van der Waals surface area (Å²) >= 11 is 0. The Hall–Kier alpha value is -3.94. The number of benzene rings is 2. The van der Waals surface area contributed by atoms with Crippen LogP contribution in [0.5, 0.6) is 0 Å². The van der Waals surface area contributed by atoms with Crippen molar-refractivity contribution in [1.29, 1.82) is 0 Å². The van der Waals surface area contributed by atoms with Gasteiger partial charge in [0.25, 0.3) is 5.95 Å². The van der Waals surface area contributed by atoms with Gasteiger partial charge < -0.3 is 5.32 Å². The molecule has 0 unspecified atom stereocenters. The lowest BCUT2D eigenvalue weighted by atomic mass is 9.86. The number of carbonyl (C=O) groups is 1. The van der Waals surface area contributed by atoms with Gasteiger partial charge >= 0.3 is 0 Å². The molecule has 0 fully saturated rings. The molecular weight excluding hydrogens is 383 g/mol. The maximum atomic E-state index is 13.4. The summed E-state index contributed by atoms with van der Waals surface area (Å²) in [5.74, 6) is 0.0909. The van der Waals surface area contributed by atoms with Gasteiger partial charge in [-0.25, -0.2) is 9.37 Å². The van der Waals surface area contributed by atoms with E-state index in [-0.39, 0.29) is 30.0 Å². The van der Waals surface area contributed by atoms with Crippen LogP contribution in [0.25, 0.3) is 17.2 Å². The third kappa shape index (κ3) is 3.12. The van der Waals surface area contributed by atoms with Gasteiger partial charge in [0.1, 0.15) is 11.6 Å². The van der Waals surface area contributed by atoms with Crippen LogP contribution in [-0.4, -0.2) is 30.9 Å². The first kappa shape index (κ1) is 18.1. The number of amides is 1. The van der Waals surface area contributed by atoms with E-state index in [0.717, 1.165) is 22.4 Å². The number of fused-ring (bicyclic) bond motifs is 1. The summed E-state index contributed by atoms with van der Waals surface area (Å²) in [6.07, 6.45) is 1.84. The van der Waals surface area contributed by atoms with Crippen LogP contribution < -0.4 is 5.32 Å². The molecule has 0 saturated heterocycles. The molecule has 1 atom stereocenters. The third-order valence-electron chi connectivity index (χ3n) is 5.18. The van der Waals surface area contributed by atoms with E-state index in [1.54, 1.807) is 18.3 Å². The topological polar surface area (TPSA) is 85.6 Å². The molecule has 7 nitrogen and oxygen atoms in total. The van der Waals surface area contributed by atoms with Crippen LogP contribution in [0.3, 0.4) is 0 Å². The van der Waals surface area contributed by atoms with Crippen molar-refractivity contribution < 1.29 is 9.18 Å². The van der Waals surface area contributed by atoms with Gasteiger partial charge in [-0.2, -0.15) is 14.9 Å². The molecule has 0 radical (unpaired) electrons. The second-order valence-electron chi connectivity index (χ2n) is 7.12. The lowest BCUT2D eigenvalue weighted by molar-refractivity contribution is -0.116. The lowest BCUT2D eigenvalue weighted by Crippen LogP contribution is -2.25. The van der Waals surface area contributed by atoms with E-state index in [4.69, 9.17) is 0 Å². The minimum atomic E-state index is -0.316. The van der Waals surface area contributed by atoms with Crippen LogP contribution in [0.4, 0.5) is 10.2 Å². The van der Waals surface area contributed by atoms with E-state index in [0.29, 0.717) is 11.5 Å². The van der Waals surface area contributed by atoms with Crippen molar-refractivity contribution in [2.75, 3.05) is 5.32 Å². The standard InChI is InChI=1S/C22H17FN6O/c1-13-20-17(14-7-9-16(23)10-8-14)11-19(30)26-21(20)29(28-13)22-25-18(12-24-27-22)15-5-3-2-4-6-15/h2-10,12,17H,11H2,1H3,(H,26,30)/t17-/m0/s1. The first-order valence-corrected chi connectivity index (χ1v) is 9.50. The van der Waals surface area contributed by atoms with E-state index in [9.17, 15) is 9.18 Å². The molecule has 1 N–H and O–H groups in total. The monoisotopic (exact) mass is 400 g/mol. The Morgan fingerprint density at radius 1 is 1.10 bits per heavy atom. The molecule has 0 aliphatic carbocycles. The Morgan fingerprint density at radius 2 is 1.87 bits per heavy atom. The molecule has 0 bridgehead atoms. The van der Waals surface area contributed by atoms with Crippen molar-refractivity contribution in [2.45, 2.75) is 19.3 Å². The molecule has 30 heavy (non-hydrogen) atoms. The molecule has 4 aromatic rings. The molecule has 0 saturated carbocycles. The fraction of sp³-hybridized carbons (Fsp3) is 0.136. The van der Waals surface area contributed by atoms with Gasteiger partial charge in [-0.3, -0.25) is 4.79 Å². The van der Waals surface area contributed by atoms with Gasteiger partial charge in [0.15, 0.2) is 0 Å². The highest BCUT2D eigenvalue weighted by molar-refractivity contribution is 5.95. The maximum absolute atomic E-state index is 13.4. The number of nitrogens with one attached hydrogen (secondary N) is 1. The van der Waals surface area contributed by atoms with Crippen molar-refractivity contribution in [2.24, 2.45) is 0 Å². The number of halogens is 1. The number of hydrogen-bond donors (Lipinski definition) is 1. The van der Waals surface area contributed by atoms with Crippen molar-refractivity contribution in [3.8, 4) is 17.2 Å². The van der Waals surface area contributed by atoms with E-state index in [2.05, 4.69) is 25.6 Å². The van der Waals surface area contributed by atoms with Gasteiger partial charge in [0.2, 0.25) is 5.91 Å². The lowest BCUT2D eigenvalue weighted by Gasteiger charge is -2.24. The van der Waals surface area contributed by atoms with E-state index < -0.39 is 0 Å². The summed E-state index contributed by atoms with van der Waals surface area (Å²) in [4.78, 5) is 17.1. The average Bonchev–Trinajstić information content (AvgIpc) is 3.11. The Kier molecular flexibility index (Phi) is 4.31. The normalized spacial score (nSPS) is 15.5. The number of aryl methyl sites for hydroxylation is 1. The Labute approximate surface area is 171 Å². The first-order valence-electron chi connectivity index (χ1n) is 9.50. The third-order valence-corrected chi connectivity index (χ3v) is 5.18. The number of aromatic nitrogens is 5. The van der Waals surface area contributed by atoms with Crippen molar-refractivity contribution >= 4 is 11.7 Å². The Balaban J connectivity index is 1.62. The summed E-state index contributed by atoms with van der Waals surface area (Å²) in [6.45, 7) is 1.87. The largest absolute Gasteiger partial charge is 0.310 e. The van der Waals surface area contributed by atoms with Crippen LogP contribution in [-0.2, 0) is 4.79 Å². The summed E-state index contributed by atoms with van der Waals surface area (Å²) < 4.78 is 14.9. The van der Waals surface area contributed by atoms with Gasteiger partial charge in [0.05, 0.1) is 17.6 Å². The molecule has 1 aliphatic rings. The van der Waals surface area contributed by atoms with Gasteiger partial charge in [0, 0.05) is 23.5 Å². The predicted molar refractivity (Wildman–Crippen MR) is 109 cm³/mol. The number of hydrogen-bond acceptors (Lipinski definition) is 5. The second-order valence-corrected chi connectivity index (χ2v) is 7.12.